The molecule has 2 aromatic carbocycles. The topological polar surface area (TPSA) is 80.1 Å². The molecular weight excluding hydrogens is 390 g/mol. The van der Waals surface area contributed by atoms with E-state index in [4.69, 9.17) is 0 Å². The van der Waals surface area contributed by atoms with E-state index in [2.05, 4.69) is 15.5 Å². The Kier molecular flexibility index (Phi) is 5.02. The van der Waals surface area contributed by atoms with Crippen molar-refractivity contribution < 1.29 is 9.59 Å². The number of amides is 2. The number of benzene rings is 2. The Labute approximate surface area is 181 Å². The Hall–Kier alpha value is -3.48. The number of rotatable bonds is 4. The van der Waals surface area contributed by atoms with Crippen molar-refractivity contribution in [1.29, 1.82) is 0 Å². The summed E-state index contributed by atoms with van der Waals surface area (Å²) < 4.78 is 1.93. The molecule has 0 saturated carbocycles. The Balaban J connectivity index is 1.30. The van der Waals surface area contributed by atoms with Crippen molar-refractivity contribution in [1.82, 2.24) is 25.0 Å². The summed E-state index contributed by atoms with van der Waals surface area (Å²) in [6.45, 7) is 4.50. The zero-order valence-corrected chi connectivity index (χ0v) is 17.5. The number of carbonyl (C=O) groups is 2. The highest BCUT2D eigenvalue weighted by atomic mass is 16.2. The van der Waals surface area contributed by atoms with Crippen molar-refractivity contribution in [2.24, 2.45) is 5.92 Å². The lowest BCUT2D eigenvalue weighted by atomic mass is 9.89. The third-order valence-corrected chi connectivity index (χ3v) is 6.36. The van der Waals surface area contributed by atoms with Crippen LogP contribution in [-0.4, -0.2) is 44.6 Å². The molecule has 158 valence electrons. The molecule has 2 amide bonds. The van der Waals surface area contributed by atoms with Crippen LogP contribution in [0.25, 0.3) is 0 Å². The van der Waals surface area contributed by atoms with Crippen molar-refractivity contribution in [3.05, 3.63) is 82.9 Å². The number of nitrogens with zero attached hydrogens (tertiary/aromatic N) is 4. The van der Waals surface area contributed by atoms with E-state index in [0.29, 0.717) is 36.9 Å². The largest absolute Gasteiger partial charge is 0.345 e. The van der Waals surface area contributed by atoms with Gasteiger partial charge in [-0.05, 0) is 37.0 Å². The van der Waals surface area contributed by atoms with E-state index < -0.39 is 0 Å². The highest BCUT2D eigenvalue weighted by Gasteiger charge is 2.42. The third kappa shape index (κ3) is 3.71. The molecule has 0 spiro atoms. The van der Waals surface area contributed by atoms with Crippen LogP contribution in [0.3, 0.4) is 0 Å². The fourth-order valence-electron chi connectivity index (χ4n) is 4.63. The van der Waals surface area contributed by atoms with Crippen LogP contribution in [0, 0.1) is 12.8 Å². The summed E-state index contributed by atoms with van der Waals surface area (Å²) in [5.74, 6) is 1.48. The van der Waals surface area contributed by atoms with Gasteiger partial charge in [0, 0.05) is 37.7 Å². The van der Waals surface area contributed by atoms with Crippen LogP contribution >= 0.6 is 0 Å². The highest BCUT2D eigenvalue weighted by molar-refractivity contribution is 5.94. The van der Waals surface area contributed by atoms with Crippen LogP contribution in [0.1, 0.15) is 50.3 Å². The van der Waals surface area contributed by atoms with Gasteiger partial charge in [-0.3, -0.25) is 9.59 Å². The van der Waals surface area contributed by atoms with Gasteiger partial charge in [0.25, 0.3) is 11.8 Å². The lowest BCUT2D eigenvalue weighted by molar-refractivity contribution is 0.0785. The Morgan fingerprint density at radius 1 is 1.03 bits per heavy atom. The molecule has 7 heteroatoms. The smallest absolute Gasteiger partial charge is 0.289 e. The molecule has 7 nitrogen and oxygen atoms in total. The minimum Gasteiger partial charge on any atom is -0.345 e. The van der Waals surface area contributed by atoms with E-state index in [0.717, 1.165) is 29.9 Å². The summed E-state index contributed by atoms with van der Waals surface area (Å²) in [6, 6.07) is 17.5. The van der Waals surface area contributed by atoms with Crippen molar-refractivity contribution in [3.8, 4) is 0 Å². The first-order chi connectivity index (χ1) is 15.1. The highest BCUT2D eigenvalue weighted by Crippen LogP contribution is 2.38. The van der Waals surface area contributed by atoms with Gasteiger partial charge >= 0.3 is 0 Å². The first-order valence-corrected chi connectivity index (χ1v) is 10.7. The van der Waals surface area contributed by atoms with Gasteiger partial charge in [-0.1, -0.05) is 48.0 Å². The summed E-state index contributed by atoms with van der Waals surface area (Å²) in [6.07, 6.45) is 0.909. The molecule has 0 unspecified atom stereocenters. The predicted molar refractivity (Wildman–Crippen MR) is 116 cm³/mol. The Bertz CT molecular complexity index is 1110. The quantitative estimate of drug-likeness (QED) is 0.711. The van der Waals surface area contributed by atoms with Crippen LogP contribution < -0.4 is 5.32 Å². The predicted octanol–water partition coefficient (Wildman–Crippen LogP) is 2.78. The maximum Gasteiger partial charge on any atom is 0.289 e. The number of aryl methyl sites for hydroxylation is 1. The number of nitrogens with one attached hydrogen (secondary N) is 1. The molecule has 0 bridgehead atoms. The summed E-state index contributed by atoms with van der Waals surface area (Å²) >= 11 is 0. The molecule has 1 fully saturated rings. The van der Waals surface area contributed by atoms with E-state index in [1.54, 1.807) is 0 Å². The van der Waals surface area contributed by atoms with Gasteiger partial charge in [0.05, 0.1) is 0 Å². The van der Waals surface area contributed by atoms with Gasteiger partial charge in [0.2, 0.25) is 5.82 Å². The van der Waals surface area contributed by atoms with E-state index in [9.17, 15) is 9.59 Å². The number of likely N-dealkylation sites (tertiary alicyclic amines) is 1. The monoisotopic (exact) mass is 415 g/mol. The zero-order valence-electron chi connectivity index (χ0n) is 17.5. The first kappa shape index (κ1) is 19.5. The van der Waals surface area contributed by atoms with Crippen molar-refractivity contribution >= 4 is 11.8 Å². The van der Waals surface area contributed by atoms with E-state index in [1.165, 1.54) is 0 Å². The van der Waals surface area contributed by atoms with E-state index in [-0.39, 0.29) is 17.7 Å². The van der Waals surface area contributed by atoms with Crippen molar-refractivity contribution in [2.75, 3.05) is 13.1 Å². The number of aromatic nitrogens is 3. The fourth-order valence-corrected chi connectivity index (χ4v) is 4.63. The van der Waals surface area contributed by atoms with E-state index in [1.807, 2.05) is 71.0 Å². The maximum absolute atomic E-state index is 13.0. The van der Waals surface area contributed by atoms with Crippen LogP contribution in [-0.2, 0) is 13.1 Å². The van der Waals surface area contributed by atoms with Crippen molar-refractivity contribution in [3.63, 3.8) is 0 Å². The Morgan fingerprint density at radius 2 is 1.81 bits per heavy atom. The van der Waals surface area contributed by atoms with Gasteiger partial charge in [-0.15, -0.1) is 10.2 Å². The average molecular weight is 415 g/mol. The second-order valence-electron chi connectivity index (χ2n) is 8.43. The fraction of sp³-hybridized carbons (Fsp3) is 0.333. The molecule has 0 aliphatic carbocycles. The SMILES string of the molecule is Cc1ccc(C(=O)N2C[C@H]3CCn4c(C(=O)NCc5ccccc5)nnc4[C@H]3C2)cc1. The molecule has 3 aromatic rings. The molecule has 1 saturated heterocycles. The molecular formula is C24H25N5O2. The lowest BCUT2D eigenvalue weighted by Crippen LogP contribution is -2.30. The molecule has 1 aromatic heterocycles. The average Bonchev–Trinajstić information content (AvgIpc) is 3.42. The van der Waals surface area contributed by atoms with Crippen LogP contribution in [0.5, 0.6) is 0 Å². The van der Waals surface area contributed by atoms with Crippen LogP contribution in [0.2, 0.25) is 0 Å². The van der Waals surface area contributed by atoms with Crippen molar-refractivity contribution in [2.45, 2.75) is 32.4 Å². The second-order valence-corrected chi connectivity index (χ2v) is 8.43. The second kappa shape index (κ2) is 7.98. The molecule has 1 N–H and O–H groups in total. The summed E-state index contributed by atoms with van der Waals surface area (Å²) in [7, 11) is 0. The number of carbonyl (C=O) groups excluding carboxylic acids is 2. The van der Waals surface area contributed by atoms with E-state index >= 15 is 0 Å². The first-order valence-electron chi connectivity index (χ1n) is 10.7. The lowest BCUT2D eigenvalue weighted by Gasteiger charge is -2.24. The summed E-state index contributed by atoms with van der Waals surface area (Å²) in [4.78, 5) is 27.6. The normalized spacial score (nSPS) is 19.6. The van der Waals surface area contributed by atoms with Gasteiger partial charge in [-0.2, -0.15) is 0 Å². The van der Waals surface area contributed by atoms with Gasteiger partial charge in [0.15, 0.2) is 0 Å². The number of hydrogen-bond acceptors (Lipinski definition) is 4. The third-order valence-electron chi connectivity index (χ3n) is 6.36. The van der Waals surface area contributed by atoms with Crippen LogP contribution in [0.4, 0.5) is 0 Å². The molecule has 3 heterocycles. The minimum absolute atomic E-state index is 0.0568. The molecule has 5 rings (SSSR count). The molecule has 31 heavy (non-hydrogen) atoms. The molecule has 2 atom stereocenters. The number of hydrogen-bond donors (Lipinski definition) is 1. The Morgan fingerprint density at radius 3 is 2.58 bits per heavy atom. The zero-order chi connectivity index (χ0) is 21.4. The molecule has 2 aliphatic rings. The maximum atomic E-state index is 13.0. The minimum atomic E-state index is -0.216. The van der Waals surface area contributed by atoms with Gasteiger partial charge in [-0.25, -0.2) is 0 Å². The van der Waals surface area contributed by atoms with Crippen LogP contribution in [0.15, 0.2) is 54.6 Å². The molecule has 2 aliphatic heterocycles. The molecule has 0 radical (unpaired) electrons. The standard InChI is InChI=1S/C24H25N5O2/c1-16-7-9-18(10-8-16)24(31)28-14-19-11-12-29-21(20(19)15-28)26-27-22(29)23(30)25-13-17-5-3-2-4-6-17/h2-10,19-20H,11-15H2,1H3,(H,25,30)/t19-,20+/m1/s1. The van der Waals surface area contributed by atoms with Gasteiger partial charge < -0.3 is 14.8 Å². The number of fused-ring (bicyclic) bond motifs is 3. The summed E-state index contributed by atoms with van der Waals surface area (Å²) in [5.41, 5.74) is 2.89. The van der Waals surface area contributed by atoms with Gasteiger partial charge in [0.1, 0.15) is 5.82 Å². The summed E-state index contributed by atoms with van der Waals surface area (Å²) in [5, 5.41) is 11.5.